The van der Waals surface area contributed by atoms with Crippen LogP contribution in [0, 0.1) is 14.9 Å². The van der Waals surface area contributed by atoms with Crippen LogP contribution in [0.15, 0.2) is 54.7 Å². The normalized spacial score (nSPS) is 10.2. The van der Waals surface area contributed by atoms with Crippen molar-refractivity contribution in [3.8, 4) is 23.0 Å². The zero-order valence-corrected chi connectivity index (χ0v) is 12.5. The lowest BCUT2D eigenvalue weighted by atomic mass is 10.1. The summed E-state index contributed by atoms with van der Waals surface area (Å²) in [6.07, 6.45) is 1.86. The molecule has 0 N–H and O–H groups in total. The van der Waals surface area contributed by atoms with Crippen molar-refractivity contribution in [2.75, 3.05) is 0 Å². The van der Waals surface area contributed by atoms with Gasteiger partial charge in [0.25, 0.3) is 0 Å². The average Bonchev–Trinajstić information content (AvgIpc) is 2.97. The molecule has 0 saturated heterocycles. The Morgan fingerprint density at radius 3 is 2.75 bits per heavy atom. The standard InChI is InChI=1S/C15H9IN4/c16-13-5-2-6-14(8-13)20-10-15(18-19-20)12-4-1-3-11(7-12)9-17/h1-8,10H. The van der Waals surface area contributed by atoms with Gasteiger partial charge in [-0.3, -0.25) is 0 Å². The first kappa shape index (κ1) is 12.8. The minimum absolute atomic E-state index is 0.617. The molecule has 2 aromatic carbocycles. The largest absolute Gasteiger partial charge is 0.220 e. The molecular formula is C15H9IN4. The van der Waals surface area contributed by atoms with Crippen molar-refractivity contribution < 1.29 is 0 Å². The number of hydrogen-bond acceptors (Lipinski definition) is 3. The van der Waals surface area contributed by atoms with E-state index in [1.54, 1.807) is 10.7 Å². The van der Waals surface area contributed by atoms with Gasteiger partial charge in [0, 0.05) is 9.13 Å². The van der Waals surface area contributed by atoms with E-state index in [0.717, 1.165) is 20.5 Å². The molecule has 0 radical (unpaired) electrons. The summed E-state index contributed by atoms with van der Waals surface area (Å²) in [6, 6.07) is 17.5. The molecule has 3 aromatic rings. The lowest BCUT2D eigenvalue weighted by Gasteiger charge is -1.99. The second-order valence-corrected chi connectivity index (χ2v) is 5.47. The lowest BCUT2D eigenvalue weighted by Crippen LogP contribution is -1.94. The third-order valence-electron chi connectivity index (χ3n) is 2.85. The highest BCUT2D eigenvalue weighted by molar-refractivity contribution is 14.1. The number of nitriles is 1. The predicted molar refractivity (Wildman–Crippen MR) is 84.2 cm³/mol. The van der Waals surface area contributed by atoms with E-state index in [9.17, 15) is 0 Å². The fraction of sp³-hybridized carbons (Fsp3) is 0. The van der Waals surface area contributed by atoms with Crippen LogP contribution in [0.2, 0.25) is 0 Å². The van der Waals surface area contributed by atoms with Crippen LogP contribution in [-0.4, -0.2) is 15.0 Å². The third-order valence-corrected chi connectivity index (χ3v) is 3.52. The summed E-state index contributed by atoms with van der Waals surface area (Å²) >= 11 is 2.26. The van der Waals surface area contributed by atoms with E-state index in [0.29, 0.717) is 5.56 Å². The lowest BCUT2D eigenvalue weighted by molar-refractivity contribution is 0.803. The summed E-state index contributed by atoms with van der Waals surface area (Å²) in [7, 11) is 0. The Morgan fingerprint density at radius 1 is 1.10 bits per heavy atom. The first-order chi connectivity index (χ1) is 9.76. The first-order valence-electron chi connectivity index (χ1n) is 5.95. The van der Waals surface area contributed by atoms with Crippen molar-refractivity contribution in [1.82, 2.24) is 15.0 Å². The molecule has 0 atom stereocenters. The number of hydrogen-bond donors (Lipinski definition) is 0. The van der Waals surface area contributed by atoms with Crippen molar-refractivity contribution in [2.24, 2.45) is 0 Å². The maximum absolute atomic E-state index is 8.93. The Hall–Kier alpha value is -2.20. The van der Waals surface area contributed by atoms with E-state index < -0.39 is 0 Å². The van der Waals surface area contributed by atoms with E-state index in [-0.39, 0.29) is 0 Å². The number of rotatable bonds is 2. The number of nitrogens with zero attached hydrogens (tertiary/aromatic N) is 4. The molecule has 0 aliphatic heterocycles. The molecule has 0 unspecified atom stereocenters. The van der Waals surface area contributed by atoms with E-state index in [1.165, 1.54) is 0 Å². The fourth-order valence-electron chi connectivity index (χ4n) is 1.89. The van der Waals surface area contributed by atoms with E-state index in [4.69, 9.17) is 5.26 Å². The summed E-state index contributed by atoms with van der Waals surface area (Å²) in [4.78, 5) is 0. The summed E-state index contributed by atoms with van der Waals surface area (Å²) in [5.74, 6) is 0. The van der Waals surface area contributed by atoms with Gasteiger partial charge in [-0.1, -0.05) is 23.4 Å². The van der Waals surface area contributed by atoms with Gasteiger partial charge in [0.2, 0.25) is 0 Å². The van der Waals surface area contributed by atoms with Gasteiger partial charge in [-0.15, -0.1) is 5.10 Å². The van der Waals surface area contributed by atoms with Crippen LogP contribution in [0.5, 0.6) is 0 Å². The Balaban J connectivity index is 2.00. The molecule has 0 aliphatic rings. The Morgan fingerprint density at radius 2 is 1.95 bits per heavy atom. The highest BCUT2D eigenvalue weighted by Gasteiger charge is 2.06. The quantitative estimate of drug-likeness (QED) is 0.648. The predicted octanol–water partition coefficient (Wildman–Crippen LogP) is 3.41. The van der Waals surface area contributed by atoms with Crippen LogP contribution in [0.3, 0.4) is 0 Å². The third kappa shape index (κ3) is 2.56. The molecule has 20 heavy (non-hydrogen) atoms. The molecule has 96 valence electrons. The minimum Gasteiger partial charge on any atom is -0.220 e. The van der Waals surface area contributed by atoms with E-state index >= 15 is 0 Å². The van der Waals surface area contributed by atoms with Crippen LogP contribution in [-0.2, 0) is 0 Å². The Bertz CT molecular complexity index is 801. The molecule has 0 aliphatic carbocycles. The topological polar surface area (TPSA) is 54.5 Å². The second kappa shape index (κ2) is 5.43. The summed E-state index contributed by atoms with van der Waals surface area (Å²) < 4.78 is 2.87. The van der Waals surface area contributed by atoms with Gasteiger partial charge >= 0.3 is 0 Å². The van der Waals surface area contributed by atoms with Crippen LogP contribution in [0.1, 0.15) is 5.56 Å². The Labute approximate surface area is 129 Å². The fourth-order valence-corrected chi connectivity index (χ4v) is 2.42. The number of benzene rings is 2. The molecule has 0 bridgehead atoms. The van der Waals surface area contributed by atoms with Gasteiger partial charge < -0.3 is 0 Å². The van der Waals surface area contributed by atoms with Gasteiger partial charge in [-0.2, -0.15) is 5.26 Å². The minimum atomic E-state index is 0.617. The monoisotopic (exact) mass is 372 g/mol. The van der Waals surface area contributed by atoms with Crippen molar-refractivity contribution in [1.29, 1.82) is 5.26 Å². The average molecular weight is 372 g/mol. The maximum Gasteiger partial charge on any atom is 0.113 e. The van der Waals surface area contributed by atoms with Gasteiger partial charge in [0.1, 0.15) is 5.69 Å². The number of aromatic nitrogens is 3. The molecule has 3 rings (SSSR count). The molecule has 1 aromatic heterocycles. The van der Waals surface area contributed by atoms with E-state index in [1.807, 2.05) is 48.7 Å². The SMILES string of the molecule is N#Cc1cccc(-c2cn(-c3cccc(I)c3)nn2)c1. The molecule has 0 fully saturated rings. The molecule has 0 saturated carbocycles. The van der Waals surface area contributed by atoms with Crippen molar-refractivity contribution in [3.05, 3.63) is 63.9 Å². The summed E-state index contributed by atoms with van der Waals surface area (Å²) in [6.45, 7) is 0. The molecule has 1 heterocycles. The van der Waals surface area contributed by atoms with Crippen LogP contribution in [0.4, 0.5) is 0 Å². The van der Waals surface area contributed by atoms with Crippen LogP contribution >= 0.6 is 22.6 Å². The molecular weight excluding hydrogens is 363 g/mol. The number of halogens is 1. The molecule has 0 amide bonds. The first-order valence-corrected chi connectivity index (χ1v) is 7.03. The van der Waals surface area contributed by atoms with Crippen molar-refractivity contribution >= 4 is 22.6 Å². The van der Waals surface area contributed by atoms with Gasteiger partial charge in [0.15, 0.2) is 0 Å². The van der Waals surface area contributed by atoms with Gasteiger partial charge in [-0.05, 0) is 52.9 Å². The van der Waals surface area contributed by atoms with Crippen molar-refractivity contribution in [2.45, 2.75) is 0 Å². The summed E-state index contributed by atoms with van der Waals surface area (Å²) in [5.41, 5.74) is 3.22. The highest BCUT2D eigenvalue weighted by Crippen LogP contribution is 2.19. The summed E-state index contributed by atoms with van der Waals surface area (Å²) in [5, 5.41) is 17.2. The second-order valence-electron chi connectivity index (χ2n) is 4.22. The van der Waals surface area contributed by atoms with Crippen molar-refractivity contribution in [3.63, 3.8) is 0 Å². The highest BCUT2D eigenvalue weighted by atomic mass is 127. The zero-order chi connectivity index (χ0) is 13.9. The van der Waals surface area contributed by atoms with E-state index in [2.05, 4.69) is 39.0 Å². The van der Waals surface area contributed by atoms with Gasteiger partial charge in [-0.25, -0.2) is 4.68 Å². The van der Waals surface area contributed by atoms with Crippen LogP contribution < -0.4 is 0 Å². The van der Waals surface area contributed by atoms with Crippen LogP contribution in [0.25, 0.3) is 16.9 Å². The zero-order valence-electron chi connectivity index (χ0n) is 10.4. The molecule has 4 nitrogen and oxygen atoms in total. The van der Waals surface area contributed by atoms with Gasteiger partial charge in [0.05, 0.1) is 23.5 Å². The molecule has 0 spiro atoms. The maximum atomic E-state index is 8.93. The Kier molecular flexibility index (Phi) is 3.48. The smallest absolute Gasteiger partial charge is 0.113 e. The molecule has 5 heteroatoms.